The Hall–Kier alpha value is -2.80. The van der Waals surface area contributed by atoms with Gasteiger partial charge in [0.15, 0.2) is 11.0 Å². The van der Waals surface area contributed by atoms with Crippen LogP contribution in [0.3, 0.4) is 0 Å². The van der Waals surface area contributed by atoms with Crippen LogP contribution in [-0.2, 0) is 9.53 Å². The molecule has 0 atom stereocenters. The van der Waals surface area contributed by atoms with E-state index in [0.29, 0.717) is 17.6 Å². The van der Waals surface area contributed by atoms with Crippen LogP contribution in [0, 0.1) is 6.92 Å². The molecule has 0 radical (unpaired) electrons. The molecule has 7 heteroatoms. The van der Waals surface area contributed by atoms with Crippen LogP contribution < -0.4 is 4.74 Å². The number of esters is 1. The van der Waals surface area contributed by atoms with Crippen molar-refractivity contribution in [3.8, 4) is 22.8 Å². The van der Waals surface area contributed by atoms with Gasteiger partial charge in [-0.3, -0.25) is 9.36 Å². The first-order chi connectivity index (χ1) is 14.0. The first-order valence-corrected chi connectivity index (χ1v) is 10.5. The predicted molar refractivity (Wildman–Crippen MR) is 115 cm³/mol. The van der Waals surface area contributed by atoms with Crippen LogP contribution in [0.4, 0.5) is 0 Å². The third-order valence-corrected chi connectivity index (χ3v) is 4.94. The lowest BCUT2D eigenvalue weighted by Gasteiger charge is -2.12. The van der Waals surface area contributed by atoms with Crippen molar-refractivity contribution in [2.24, 2.45) is 0 Å². The molecule has 0 saturated heterocycles. The molecule has 0 N–H and O–H groups in total. The van der Waals surface area contributed by atoms with Gasteiger partial charge in [0, 0.05) is 11.3 Å². The molecule has 0 aliphatic carbocycles. The second-order valence-corrected chi connectivity index (χ2v) is 7.70. The fourth-order valence-electron chi connectivity index (χ4n) is 2.76. The molecule has 0 amide bonds. The highest BCUT2D eigenvalue weighted by Crippen LogP contribution is 2.29. The summed E-state index contributed by atoms with van der Waals surface area (Å²) in [7, 11) is 0. The van der Waals surface area contributed by atoms with Gasteiger partial charge in [-0.05, 0) is 52.0 Å². The molecule has 0 unspecified atom stereocenters. The van der Waals surface area contributed by atoms with E-state index in [-0.39, 0.29) is 17.8 Å². The smallest absolute Gasteiger partial charge is 0.316 e. The summed E-state index contributed by atoms with van der Waals surface area (Å²) in [5, 5.41) is 9.37. The molecule has 1 heterocycles. The Morgan fingerprint density at radius 1 is 1.07 bits per heavy atom. The van der Waals surface area contributed by atoms with E-state index in [2.05, 4.69) is 10.2 Å². The third-order valence-electron chi connectivity index (χ3n) is 4.04. The molecule has 0 aliphatic heterocycles. The Morgan fingerprint density at radius 2 is 1.76 bits per heavy atom. The molecule has 3 rings (SSSR count). The molecule has 1 aromatic heterocycles. The molecular weight excluding hydrogens is 386 g/mol. The molecule has 2 aromatic carbocycles. The molecule has 0 fully saturated rings. The van der Waals surface area contributed by atoms with Crippen LogP contribution in [-0.4, -0.2) is 39.2 Å². The standard InChI is InChI=1S/C22H25N3O3S/c1-5-27-19-12-10-18(11-13-19)25-21(17-8-6-16(4)7-9-17)23-24-22(25)29-14-20(26)28-15(2)3/h6-13,15H,5,14H2,1-4H3. The van der Waals surface area contributed by atoms with Gasteiger partial charge in [-0.25, -0.2) is 0 Å². The Bertz CT molecular complexity index is 950. The van der Waals surface area contributed by atoms with E-state index in [9.17, 15) is 4.79 Å². The topological polar surface area (TPSA) is 66.2 Å². The summed E-state index contributed by atoms with van der Waals surface area (Å²) in [6.07, 6.45) is -0.143. The van der Waals surface area contributed by atoms with Crippen molar-refractivity contribution < 1.29 is 14.3 Å². The number of nitrogens with zero attached hydrogens (tertiary/aromatic N) is 3. The van der Waals surface area contributed by atoms with Crippen LogP contribution in [0.5, 0.6) is 5.75 Å². The van der Waals surface area contributed by atoms with Gasteiger partial charge in [-0.2, -0.15) is 0 Å². The molecule has 0 aliphatic rings. The van der Waals surface area contributed by atoms with Crippen LogP contribution >= 0.6 is 11.8 Å². The Morgan fingerprint density at radius 3 is 2.38 bits per heavy atom. The van der Waals surface area contributed by atoms with E-state index >= 15 is 0 Å². The molecule has 6 nitrogen and oxygen atoms in total. The predicted octanol–water partition coefficient (Wildman–Crippen LogP) is 4.69. The lowest BCUT2D eigenvalue weighted by molar-refractivity contribution is -0.144. The van der Waals surface area contributed by atoms with E-state index < -0.39 is 0 Å². The van der Waals surface area contributed by atoms with Crippen molar-refractivity contribution >= 4 is 17.7 Å². The van der Waals surface area contributed by atoms with Gasteiger partial charge in [-0.1, -0.05) is 41.6 Å². The van der Waals surface area contributed by atoms with Crippen molar-refractivity contribution in [3.63, 3.8) is 0 Å². The molecule has 3 aromatic rings. The lowest BCUT2D eigenvalue weighted by Crippen LogP contribution is -2.13. The molecule has 0 saturated carbocycles. The quantitative estimate of drug-likeness (QED) is 0.396. The van der Waals surface area contributed by atoms with Gasteiger partial charge in [-0.15, -0.1) is 10.2 Å². The van der Waals surface area contributed by atoms with Gasteiger partial charge in [0.1, 0.15) is 5.75 Å². The van der Waals surface area contributed by atoms with E-state index in [0.717, 1.165) is 17.0 Å². The number of aryl methyl sites for hydroxylation is 1. The second-order valence-electron chi connectivity index (χ2n) is 6.76. The highest BCUT2D eigenvalue weighted by atomic mass is 32.2. The number of ether oxygens (including phenoxy) is 2. The number of hydrogen-bond acceptors (Lipinski definition) is 6. The zero-order chi connectivity index (χ0) is 20.8. The SMILES string of the molecule is CCOc1ccc(-n2c(SCC(=O)OC(C)C)nnc2-c2ccc(C)cc2)cc1. The largest absolute Gasteiger partial charge is 0.494 e. The summed E-state index contributed by atoms with van der Waals surface area (Å²) in [5.41, 5.74) is 3.02. The number of carbonyl (C=O) groups is 1. The van der Waals surface area contributed by atoms with E-state index in [4.69, 9.17) is 9.47 Å². The Labute approximate surface area is 175 Å². The minimum absolute atomic E-state index is 0.143. The molecule has 0 spiro atoms. The van der Waals surface area contributed by atoms with E-state index in [1.165, 1.54) is 17.3 Å². The molecule has 29 heavy (non-hydrogen) atoms. The normalized spacial score (nSPS) is 10.9. The van der Waals surface area contributed by atoms with Gasteiger partial charge in [0.05, 0.1) is 18.5 Å². The number of thioether (sulfide) groups is 1. The minimum Gasteiger partial charge on any atom is -0.494 e. The van der Waals surface area contributed by atoms with Crippen LogP contribution in [0.25, 0.3) is 17.1 Å². The van der Waals surface area contributed by atoms with E-state index in [1.807, 2.05) is 80.8 Å². The number of benzene rings is 2. The highest BCUT2D eigenvalue weighted by molar-refractivity contribution is 7.99. The van der Waals surface area contributed by atoms with Gasteiger partial charge in [0.25, 0.3) is 0 Å². The summed E-state index contributed by atoms with van der Waals surface area (Å²) in [6.45, 7) is 8.28. The maximum atomic E-state index is 12.0. The van der Waals surface area contributed by atoms with Crippen molar-refractivity contribution in [2.75, 3.05) is 12.4 Å². The minimum atomic E-state index is -0.275. The summed E-state index contributed by atoms with van der Waals surface area (Å²) in [6, 6.07) is 15.9. The molecular formula is C22H25N3O3S. The van der Waals surface area contributed by atoms with Crippen LogP contribution in [0.15, 0.2) is 53.7 Å². The zero-order valence-electron chi connectivity index (χ0n) is 17.1. The number of carbonyl (C=O) groups excluding carboxylic acids is 1. The Kier molecular flexibility index (Phi) is 6.93. The second kappa shape index (κ2) is 9.60. The average Bonchev–Trinajstić information content (AvgIpc) is 3.11. The van der Waals surface area contributed by atoms with Gasteiger partial charge >= 0.3 is 5.97 Å². The zero-order valence-corrected chi connectivity index (χ0v) is 17.9. The highest BCUT2D eigenvalue weighted by Gasteiger charge is 2.18. The third kappa shape index (κ3) is 5.38. The maximum Gasteiger partial charge on any atom is 0.316 e. The maximum absolute atomic E-state index is 12.0. The number of rotatable bonds is 8. The average molecular weight is 412 g/mol. The van der Waals surface area contributed by atoms with Gasteiger partial charge in [0.2, 0.25) is 0 Å². The number of aromatic nitrogens is 3. The lowest BCUT2D eigenvalue weighted by atomic mass is 10.1. The summed E-state index contributed by atoms with van der Waals surface area (Å²) >= 11 is 1.31. The molecule has 152 valence electrons. The molecule has 0 bridgehead atoms. The first-order valence-electron chi connectivity index (χ1n) is 9.56. The van der Waals surface area contributed by atoms with Crippen molar-refractivity contribution in [1.82, 2.24) is 14.8 Å². The summed E-state index contributed by atoms with van der Waals surface area (Å²) < 4.78 is 12.7. The van der Waals surface area contributed by atoms with Crippen molar-refractivity contribution in [2.45, 2.75) is 39.0 Å². The van der Waals surface area contributed by atoms with E-state index in [1.54, 1.807) is 0 Å². The summed E-state index contributed by atoms with van der Waals surface area (Å²) in [5.74, 6) is 1.41. The fourth-order valence-corrected chi connectivity index (χ4v) is 3.50. The monoisotopic (exact) mass is 411 g/mol. The van der Waals surface area contributed by atoms with Crippen LogP contribution in [0.1, 0.15) is 26.3 Å². The Balaban J connectivity index is 1.95. The van der Waals surface area contributed by atoms with Crippen LogP contribution in [0.2, 0.25) is 0 Å². The first kappa shape index (κ1) is 20.9. The van der Waals surface area contributed by atoms with Crippen molar-refractivity contribution in [1.29, 1.82) is 0 Å². The fraction of sp³-hybridized carbons (Fsp3) is 0.318. The van der Waals surface area contributed by atoms with Gasteiger partial charge < -0.3 is 9.47 Å². The van der Waals surface area contributed by atoms with Crippen molar-refractivity contribution in [3.05, 3.63) is 54.1 Å². The summed E-state index contributed by atoms with van der Waals surface area (Å²) in [4.78, 5) is 12.0. The number of hydrogen-bond donors (Lipinski definition) is 0.